The molecule has 0 aromatic rings. The predicted octanol–water partition coefficient (Wildman–Crippen LogP) is -1.05. The van der Waals surface area contributed by atoms with Crippen molar-refractivity contribution in [2.45, 2.75) is 18.6 Å². The maximum Gasteiger partial charge on any atom is 0.0707 e. The molecule has 0 radical (unpaired) electrons. The van der Waals surface area contributed by atoms with Gasteiger partial charge in [0.15, 0.2) is 0 Å². The lowest BCUT2D eigenvalue weighted by atomic mass is 9.98. The van der Waals surface area contributed by atoms with Gasteiger partial charge in [-0.25, -0.2) is 0 Å². The Hall–Kier alpha value is -0.120. The molecule has 0 aromatic heterocycles. The predicted molar refractivity (Wildman–Crippen MR) is 36.0 cm³/mol. The molecule has 2 atom stereocenters. The Labute approximate surface area is 55.2 Å². The first-order valence-corrected chi connectivity index (χ1v) is 3.61. The molecule has 9 heavy (non-hydrogen) atoms. The van der Waals surface area contributed by atoms with Crippen molar-refractivity contribution in [3.8, 4) is 0 Å². The minimum absolute atomic E-state index is 0.243. The van der Waals surface area contributed by atoms with E-state index in [0.29, 0.717) is 6.04 Å². The number of nitrogens with two attached hydrogens (primary N) is 1. The lowest BCUT2D eigenvalue weighted by Crippen LogP contribution is -2.67. The Balaban J connectivity index is 1.98. The second kappa shape index (κ2) is 1.94. The molecule has 0 bridgehead atoms. The van der Waals surface area contributed by atoms with Crippen LogP contribution in [-0.2, 0) is 0 Å². The summed E-state index contributed by atoms with van der Waals surface area (Å²) in [7, 11) is 0. The zero-order chi connectivity index (χ0) is 6.27. The van der Waals surface area contributed by atoms with Crippen LogP contribution in [0.5, 0.6) is 0 Å². The van der Waals surface area contributed by atoms with Gasteiger partial charge in [0, 0.05) is 25.7 Å². The van der Waals surface area contributed by atoms with E-state index in [4.69, 9.17) is 5.73 Å². The highest BCUT2D eigenvalue weighted by atomic mass is 15.3. The molecule has 3 heteroatoms. The number of nitrogens with one attached hydrogen (secondary N) is 1. The fourth-order valence-electron chi connectivity index (χ4n) is 1.66. The molecule has 2 aliphatic rings. The summed E-state index contributed by atoms with van der Waals surface area (Å²) in [5.74, 6) is 0. The molecule has 2 fully saturated rings. The lowest BCUT2D eigenvalue weighted by Gasteiger charge is -2.48. The minimum atomic E-state index is 0.243. The van der Waals surface area contributed by atoms with E-state index in [1.54, 1.807) is 0 Å². The first-order valence-electron chi connectivity index (χ1n) is 3.61. The summed E-state index contributed by atoms with van der Waals surface area (Å²) < 4.78 is 0. The average molecular weight is 127 g/mol. The van der Waals surface area contributed by atoms with E-state index in [1.165, 1.54) is 19.5 Å². The Bertz CT molecular complexity index is 109. The van der Waals surface area contributed by atoms with Gasteiger partial charge in [-0.1, -0.05) is 0 Å². The molecule has 2 unspecified atom stereocenters. The highest BCUT2D eigenvalue weighted by Gasteiger charge is 2.34. The summed E-state index contributed by atoms with van der Waals surface area (Å²) in [5.41, 5.74) is 5.77. The van der Waals surface area contributed by atoms with E-state index in [9.17, 15) is 0 Å². The molecular weight excluding hydrogens is 114 g/mol. The van der Waals surface area contributed by atoms with Crippen LogP contribution in [-0.4, -0.2) is 36.7 Å². The van der Waals surface area contributed by atoms with E-state index in [0.717, 1.165) is 6.54 Å². The van der Waals surface area contributed by atoms with Crippen molar-refractivity contribution in [3.63, 3.8) is 0 Å². The van der Waals surface area contributed by atoms with E-state index >= 15 is 0 Å². The molecule has 2 aliphatic heterocycles. The molecule has 2 saturated heterocycles. The quantitative estimate of drug-likeness (QED) is 0.436. The Kier molecular flexibility index (Phi) is 1.22. The third-order valence-electron chi connectivity index (χ3n) is 2.37. The summed E-state index contributed by atoms with van der Waals surface area (Å²) in [6.45, 7) is 3.52. The van der Waals surface area contributed by atoms with Crippen LogP contribution < -0.4 is 11.1 Å². The summed E-state index contributed by atoms with van der Waals surface area (Å²) in [6, 6.07) is 0.652. The van der Waals surface area contributed by atoms with Crippen molar-refractivity contribution in [3.05, 3.63) is 0 Å². The van der Waals surface area contributed by atoms with Crippen LogP contribution in [0.3, 0.4) is 0 Å². The van der Waals surface area contributed by atoms with E-state index < -0.39 is 0 Å². The number of hydrogen-bond donors (Lipinski definition) is 2. The fraction of sp³-hybridized carbons (Fsp3) is 1.00. The zero-order valence-corrected chi connectivity index (χ0v) is 5.51. The molecule has 3 N–H and O–H groups in total. The molecule has 0 aromatic carbocycles. The van der Waals surface area contributed by atoms with E-state index in [-0.39, 0.29) is 6.17 Å². The molecule has 3 nitrogen and oxygen atoms in total. The number of hydrogen-bond acceptors (Lipinski definition) is 3. The topological polar surface area (TPSA) is 41.3 Å². The Morgan fingerprint density at radius 1 is 1.44 bits per heavy atom. The second-order valence-corrected chi connectivity index (χ2v) is 2.87. The fourth-order valence-corrected chi connectivity index (χ4v) is 1.66. The number of rotatable bonds is 0. The highest BCUT2D eigenvalue weighted by molar-refractivity contribution is 4.93. The molecular formula is C6H13N3. The highest BCUT2D eigenvalue weighted by Crippen LogP contribution is 2.19. The second-order valence-electron chi connectivity index (χ2n) is 2.87. The van der Waals surface area contributed by atoms with Gasteiger partial charge in [-0.2, -0.15) is 0 Å². The van der Waals surface area contributed by atoms with Crippen molar-refractivity contribution in [2.24, 2.45) is 5.73 Å². The summed E-state index contributed by atoms with van der Waals surface area (Å²) >= 11 is 0. The van der Waals surface area contributed by atoms with Crippen LogP contribution in [0.25, 0.3) is 0 Å². The van der Waals surface area contributed by atoms with Gasteiger partial charge in [-0.15, -0.1) is 0 Å². The minimum Gasteiger partial charge on any atom is -0.315 e. The summed E-state index contributed by atoms with van der Waals surface area (Å²) in [4.78, 5) is 2.45. The summed E-state index contributed by atoms with van der Waals surface area (Å²) in [5, 5.41) is 3.25. The van der Waals surface area contributed by atoms with Crippen LogP contribution in [0.1, 0.15) is 6.42 Å². The Morgan fingerprint density at radius 3 is 2.78 bits per heavy atom. The number of piperazine rings is 1. The first kappa shape index (κ1) is 5.65. The van der Waals surface area contributed by atoms with Crippen LogP contribution in [0.15, 0.2) is 0 Å². The molecule has 0 amide bonds. The van der Waals surface area contributed by atoms with Crippen molar-refractivity contribution in [2.75, 3.05) is 19.6 Å². The average Bonchev–Trinajstić information content (AvgIpc) is 1.74. The van der Waals surface area contributed by atoms with Gasteiger partial charge >= 0.3 is 0 Å². The van der Waals surface area contributed by atoms with Crippen molar-refractivity contribution < 1.29 is 0 Å². The van der Waals surface area contributed by atoms with Crippen molar-refractivity contribution >= 4 is 0 Å². The molecule has 2 heterocycles. The third kappa shape index (κ3) is 0.764. The number of fused-ring (bicyclic) bond motifs is 1. The van der Waals surface area contributed by atoms with E-state index in [1.807, 2.05) is 0 Å². The summed E-state index contributed by atoms with van der Waals surface area (Å²) in [6.07, 6.45) is 1.53. The van der Waals surface area contributed by atoms with E-state index in [2.05, 4.69) is 10.2 Å². The van der Waals surface area contributed by atoms with Gasteiger partial charge in [0.25, 0.3) is 0 Å². The smallest absolute Gasteiger partial charge is 0.0707 e. The van der Waals surface area contributed by atoms with Gasteiger partial charge in [-0.05, 0) is 6.42 Å². The maximum absolute atomic E-state index is 5.77. The van der Waals surface area contributed by atoms with Crippen molar-refractivity contribution in [1.82, 2.24) is 10.2 Å². The third-order valence-corrected chi connectivity index (χ3v) is 2.37. The van der Waals surface area contributed by atoms with Crippen LogP contribution in [0.2, 0.25) is 0 Å². The SMILES string of the molecule is NC1NCCN2CCC12. The molecule has 0 aliphatic carbocycles. The van der Waals surface area contributed by atoms with Crippen LogP contribution in [0, 0.1) is 0 Å². The van der Waals surface area contributed by atoms with Gasteiger partial charge in [-0.3, -0.25) is 10.2 Å². The van der Waals surface area contributed by atoms with Crippen molar-refractivity contribution in [1.29, 1.82) is 0 Å². The lowest BCUT2D eigenvalue weighted by molar-refractivity contribution is 0.0336. The number of nitrogens with zero attached hydrogens (tertiary/aromatic N) is 1. The van der Waals surface area contributed by atoms with Crippen LogP contribution in [0.4, 0.5) is 0 Å². The molecule has 0 saturated carbocycles. The van der Waals surface area contributed by atoms with Gasteiger partial charge < -0.3 is 5.73 Å². The first-order chi connectivity index (χ1) is 4.38. The zero-order valence-electron chi connectivity index (χ0n) is 5.51. The monoisotopic (exact) mass is 127 g/mol. The molecule has 52 valence electrons. The largest absolute Gasteiger partial charge is 0.315 e. The normalized spacial score (nSPS) is 43.7. The molecule has 2 rings (SSSR count). The molecule has 0 spiro atoms. The van der Waals surface area contributed by atoms with Gasteiger partial charge in [0.2, 0.25) is 0 Å². The van der Waals surface area contributed by atoms with Crippen LogP contribution >= 0.6 is 0 Å². The standard InChI is InChI=1S/C6H13N3/c7-6-5-1-3-9(5)4-2-8-6/h5-6,8H,1-4,7H2. The van der Waals surface area contributed by atoms with Gasteiger partial charge in [0.05, 0.1) is 6.17 Å². The van der Waals surface area contributed by atoms with Gasteiger partial charge in [0.1, 0.15) is 0 Å². The maximum atomic E-state index is 5.77. The Morgan fingerprint density at radius 2 is 2.33 bits per heavy atom.